The number of nitrogens with zero attached hydrogens (tertiary/aromatic N) is 1. The lowest BCUT2D eigenvalue weighted by Gasteiger charge is -2.34. The number of benzene rings is 1. The first-order valence-corrected chi connectivity index (χ1v) is 10.8. The average Bonchev–Trinajstić information content (AvgIpc) is 2.89. The Hall–Kier alpha value is -2.49. The molecule has 0 saturated heterocycles. The molecule has 0 aromatic heterocycles. The zero-order valence-corrected chi connectivity index (χ0v) is 16.7. The Labute approximate surface area is 162 Å². The maximum Gasteiger partial charge on any atom is 0.485 e. The van der Waals surface area contributed by atoms with Crippen molar-refractivity contribution in [3.8, 4) is 0 Å². The van der Waals surface area contributed by atoms with Crippen LogP contribution in [0.2, 0.25) is 0 Å². The Bertz CT molecular complexity index is 818. The number of hydrogen-bond donors (Lipinski definition) is 2. The molecule has 28 heavy (non-hydrogen) atoms. The summed E-state index contributed by atoms with van der Waals surface area (Å²) in [4.78, 5) is 28.8. The molecule has 0 fully saturated rings. The van der Waals surface area contributed by atoms with Gasteiger partial charge in [-0.1, -0.05) is 19.1 Å². The van der Waals surface area contributed by atoms with Crippen molar-refractivity contribution in [3.63, 3.8) is 0 Å². The third-order valence-corrected chi connectivity index (χ3v) is 7.13. The fourth-order valence-electron chi connectivity index (χ4n) is 2.91. The van der Waals surface area contributed by atoms with Crippen molar-refractivity contribution in [2.24, 2.45) is 10.9 Å². The van der Waals surface area contributed by atoms with Gasteiger partial charge in [-0.25, -0.2) is 10.1 Å². The highest BCUT2D eigenvalue weighted by Gasteiger charge is 2.37. The van der Waals surface area contributed by atoms with Crippen LogP contribution in [-0.2, 0) is 9.53 Å². The van der Waals surface area contributed by atoms with E-state index >= 15 is 0 Å². The Morgan fingerprint density at radius 2 is 1.82 bits per heavy atom. The first-order chi connectivity index (χ1) is 13.0. The van der Waals surface area contributed by atoms with Crippen LogP contribution in [0.25, 0.3) is 4.91 Å². The number of methoxy groups -OCH3 is 1. The smallest absolute Gasteiger partial charge is 0.468 e. The second-order valence-corrected chi connectivity index (χ2v) is 9.94. The van der Waals surface area contributed by atoms with E-state index in [4.69, 9.17) is 4.74 Å². The Morgan fingerprint density at radius 3 is 2.32 bits per heavy atom. The Balaban J connectivity index is 2.15. The molecule has 6 nitrogen and oxygen atoms in total. The van der Waals surface area contributed by atoms with Gasteiger partial charge in [-0.15, -0.1) is 0 Å². The molecule has 2 amide bonds. The third kappa shape index (κ3) is 4.86. The molecule has 1 aliphatic rings. The number of carbonyl (C=O) groups excluding carboxylic acids is 2. The number of halogens is 3. The van der Waals surface area contributed by atoms with Crippen molar-refractivity contribution in [3.05, 3.63) is 36.0 Å². The van der Waals surface area contributed by atoms with Gasteiger partial charge in [0.25, 0.3) is 0 Å². The summed E-state index contributed by atoms with van der Waals surface area (Å²) in [5.74, 6) is -0.748. The molecule has 2 N–H and O–H groups in total. The van der Waals surface area contributed by atoms with E-state index in [2.05, 4.69) is 10.3 Å². The molecule has 1 unspecified atom stereocenters. The molecule has 0 saturated carbocycles. The Morgan fingerprint density at radius 1 is 1.21 bits per heavy atom. The normalized spacial score (nSPS) is 17.8. The minimum atomic E-state index is -4.80. The topological polar surface area (TPSA) is 79.8 Å². The summed E-state index contributed by atoms with van der Waals surface area (Å²) in [6, 6.07) is 5.05. The lowest BCUT2D eigenvalue weighted by molar-refractivity contribution is -0.145. The molecule has 1 atom stereocenters. The van der Waals surface area contributed by atoms with Crippen LogP contribution in [0.4, 0.5) is 23.7 Å². The van der Waals surface area contributed by atoms with Crippen molar-refractivity contribution >= 4 is 37.7 Å². The van der Waals surface area contributed by atoms with Crippen molar-refractivity contribution in [1.29, 1.82) is 0 Å². The monoisotopic (exact) mass is 417 g/mol. The van der Waals surface area contributed by atoms with Gasteiger partial charge >= 0.3 is 18.3 Å². The number of amides is 2. The van der Waals surface area contributed by atoms with Crippen LogP contribution < -0.4 is 10.6 Å². The highest BCUT2D eigenvalue weighted by molar-refractivity contribution is 8.51. The maximum atomic E-state index is 12.2. The van der Waals surface area contributed by atoms with Gasteiger partial charge in [-0.2, -0.15) is 23.2 Å². The quantitative estimate of drug-likeness (QED) is 0.554. The van der Waals surface area contributed by atoms with Crippen LogP contribution in [0.5, 0.6) is 0 Å². The van der Waals surface area contributed by atoms with Crippen LogP contribution in [0.15, 0.2) is 35.5 Å². The highest BCUT2D eigenvalue weighted by atomic mass is 32.3. The minimum absolute atomic E-state index is 0.221. The van der Waals surface area contributed by atoms with Crippen LogP contribution in [0, 0.1) is 5.92 Å². The van der Waals surface area contributed by atoms with Gasteiger partial charge in [0, 0.05) is 16.8 Å². The summed E-state index contributed by atoms with van der Waals surface area (Å²) in [6.45, 7) is 1.89. The van der Waals surface area contributed by atoms with Crippen molar-refractivity contribution in [2.45, 2.75) is 19.6 Å². The van der Waals surface area contributed by atoms with Crippen molar-refractivity contribution in [2.75, 3.05) is 24.9 Å². The molecule has 1 aliphatic heterocycles. The fourth-order valence-corrected chi connectivity index (χ4v) is 5.46. The van der Waals surface area contributed by atoms with Gasteiger partial charge in [0.2, 0.25) is 0 Å². The number of esters is 1. The van der Waals surface area contributed by atoms with E-state index in [9.17, 15) is 22.8 Å². The zero-order chi connectivity index (χ0) is 21.1. The molecule has 0 bridgehead atoms. The molecule has 0 aliphatic carbocycles. The number of nitrogens with one attached hydrogen (secondary N) is 2. The average molecular weight is 417 g/mol. The van der Waals surface area contributed by atoms with E-state index in [1.165, 1.54) is 19.2 Å². The van der Waals surface area contributed by atoms with E-state index in [0.717, 1.165) is 20.8 Å². The van der Waals surface area contributed by atoms with E-state index in [0.29, 0.717) is 6.42 Å². The zero-order valence-electron chi connectivity index (χ0n) is 15.9. The lowest BCUT2D eigenvalue weighted by Crippen LogP contribution is -2.40. The first-order valence-electron chi connectivity index (χ1n) is 8.35. The standard InChI is InChI=1S/C18H22F3N3O3S/c1-5-13(16(25)27-2)15-22-10-14(28(15,3)4)11-6-8-12(9-7-11)23-17(26)24-18(19,20)21/h6-10,13H,5H2,1-4H3,(H2,23,24,26). The molecule has 10 heteroatoms. The van der Waals surface area contributed by atoms with E-state index in [1.807, 2.05) is 19.4 Å². The number of rotatable bonds is 5. The molecule has 154 valence electrons. The minimum Gasteiger partial charge on any atom is -0.468 e. The Kier molecular flexibility index (Phi) is 6.43. The molecule has 1 heterocycles. The summed E-state index contributed by atoms with van der Waals surface area (Å²) >= 11 is 0. The molecule has 2 rings (SSSR count). The number of urea groups is 1. The number of ether oxygens (including phenoxy) is 1. The van der Waals surface area contributed by atoms with E-state index < -0.39 is 28.3 Å². The number of aliphatic imine (C=N–C) groups is 1. The number of alkyl halides is 3. The third-order valence-electron chi connectivity index (χ3n) is 4.26. The number of anilines is 1. The molecule has 0 radical (unpaired) electrons. The SMILES string of the molecule is CCC(C(=O)OC)C1=NC=C(c2ccc(NC(=O)NC(F)(F)F)cc2)S1(C)C. The van der Waals surface area contributed by atoms with Crippen molar-refractivity contribution < 1.29 is 27.5 Å². The maximum absolute atomic E-state index is 12.2. The molecular weight excluding hydrogens is 395 g/mol. The van der Waals surface area contributed by atoms with Gasteiger partial charge in [-0.3, -0.25) is 9.79 Å². The predicted octanol–water partition coefficient (Wildman–Crippen LogP) is 4.30. The largest absolute Gasteiger partial charge is 0.485 e. The molecule has 1 aromatic carbocycles. The van der Waals surface area contributed by atoms with Crippen molar-refractivity contribution in [1.82, 2.24) is 5.32 Å². The second kappa shape index (κ2) is 8.26. The van der Waals surface area contributed by atoms with Crippen LogP contribution in [0.3, 0.4) is 0 Å². The van der Waals surface area contributed by atoms with Gasteiger partial charge < -0.3 is 10.1 Å². The lowest BCUT2D eigenvalue weighted by atomic mass is 10.1. The summed E-state index contributed by atoms with van der Waals surface area (Å²) in [5.41, 5.74) is 1.04. The molecule has 0 spiro atoms. The highest BCUT2D eigenvalue weighted by Crippen LogP contribution is 2.60. The predicted molar refractivity (Wildman–Crippen MR) is 105 cm³/mol. The van der Waals surface area contributed by atoms with Gasteiger partial charge in [0.05, 0.1) is 12.2 Å². The van der Waals surface area contributed by atoms with Gasteiger partial charge in [0.15, 0.2) is 0 Å². The van der Waals surface area contributed by atoms with Crippen LogP contribution >= 0.6 is 10.0 Å². The number of hydrogen-bond acceptors (Lipinski definition) is 4. The van der Waals surface area contributed by atoms with E-state index in [1.54, 1.807) is 18.3 Å². The van der Waals surface area contributed by atoms with E-state index in [-0.39, 0.29) is 11.7 Å². The summed E-state index contributed by atoms with van der Waals surface area (Å²) in [7, 11) is -0.200. The summed E-state index contributed by atoms with van der Waals surface area (Å²) in [5, 5.41) is 3.78. The fraction of sp³-hybridized carbons (Fsp3) is 0.389. The molecule has 1 aromatic rings. The van der Waals surface area contributed by atoms with Gasteiger partial charge in [0.1, 0.15) is 5.92 Å². The first kappa shape index (κ1) is 21.8. The number of carbonyl (C=O) groups is 2. The summed E-state index contributed by atoms with van der Waals surface area (Å²) < 4.78 is 41.3. The van der Waals surface area contributed by atoms with Crippen LogP contribution in [0.1, 0.15) is 18.9 Å². The molecular formula is C18H22F3N3O3S. The summed E-state index contributed by atoms with van der Waals surface area (Å²) in [6.07, 6.45) is 1.54. The van der Waals surface area contributed by atoms with Crippen LogP contribution in [-0.4, -0.2) is 43.0 Å². The second-order valence-electron chi connectivity index (χ2n) is 6.43. The van der Waals surface area contributed by atoms with Gasteiger partial charge in [-0.05, 0) is 36.6 Å².